The minimum Gasteiger partial charge on any atom is -0.481 e. The summed E-state index contributed by atoms with van der Waals surface area (Å²) >= 11 is 11.8. The Labute approximate surface area is 244 Å². The summed E-state index contributed by atoms with van der Waals surface area (Å²) in [4.78, 5) is 13.1. The fraction of sp³-hybridized carbons (Fsp3) is 0.967. The molecule has 5 saturated carbocycles. The van der Waals surface area contributed by atoms with Gasteiger partial charge in [-0.25, -0.2) is 0 Å². The molecule has 206 valence electrons. The zero-order chi connectivity index (χ0) is 26.7. The van der Waals surface area contributed by atoms with Gasteiger partial charge in [0.05, 0.1) is 11.5 Å². The molecule has 2 N–H and O–H groups in total. The van der Waals surface area contributed by atoms with E-state index in [1.165, 1.54) is 19.3 Å². The van der Waals surface area contributed by atoms with Gasteiger partial charge >= 0.3 is 5.97 Å². The minimum atomic E-state index is -0.561. The highest BCUT2D eigenvalue weighted by atomic mass is 79.9. The van der Waals surface area contributed by atoms with Gasteiger partial charge in [-0.15, -0.1) is 0 Å². The summed E-state index contributed by atoms with van der Waals surface area (Å²) in [5.41, 5.74) is -0.132. The number of carbonyl (C=O) groups is 1. The number of carboxylic acids is 1. The van der Waals surface area contributed by atoms with Crippen LogP contribution in [0.25, 0.3) is 0 Å². The first kappa shape index (κ1) is 28.4. The van der Waals surface area contributed by atoms with Crippen molar-refractivity contribution in [1.82, 2.24) is 0 Å². The van der Waals surface area contributed by atoms with Crippen LogP contribution in [0.3, 0.4) is 0 Å². The molecule has 0 radical (unpaired) electrons. The second-order valence-corrected chi connectivity index (χ2v) is 18.7. The molecule has 0 aliphatic heterocycles. The summed E-state index contributed by atoms with van der Waals surface area (Å²) < 4.78 is -0.0821. The van der Waals surface area contributed by atoms with E-state index in [0.717, 1.165) is 43.9 Å². The Balaban J connectivity index is 1.58. The van der Waals surface area contributed by atoms with Crippen molar-refractivity contribution in [1.29, 1.82) is 0 Å². The summed E-state index contributed by atoms with van der Waals surface area (Å²) in [6, 6.07) is 0. The van der Waals surface area contributed by atoms with E-state index in [2.05, 4.69) is 89.3 Å². The van der Waals surface area contributed by atoms with Crippen LogP contribution in [0.5, 0.6) is 0 Å². The van der Waals surface area contributed by atoms with Gasteiger partial charge in [-0.05, 0) is 116 Å². The number of aliphatic hydroxyl groups is 1. The Bertz CT molecular complexity index is 921. The summed E-state index contributed by atoms with van der Waals surface area (Å²) in [5, 5.41) is 22.7. The Hall–Kier alpha value is 0.870. The maximum atomic E-state index is 13.0. The SMILES string of the molecule is CC(Br)(CBr)[C@@H]1CC[C@]2(C(=O)O)CC[C@]3(C)C(CCC4[C@@]5(C)CC(Br)[C@H](O)C(C)(C)C5CC[C@]43C)C12. The second-order valence-electron chi connectivity index (χ2n) is 15.2. The molecule has 6 unspecified atom stereocenters. The van der Waals surface area contributed by atoms with Crippen molar-refractivity contribution in [2.45, 2.75) is 115 Å². The molecule has 5 rings (SSSR count). The van der Waals surface area contributed by atoms with E-state index in [0.29, 0.717) is 23.7 Å². The van der Waals surface area contributed by atoms with E-state index in [-0.39, 0.29) is 42.8 Å². The molecule has 36 heavy (non-hydrogen) atoms. The lowest BCUT2D eigenvalue weighted by atomic mass is 9.32. The molecule has 0 spiro atoms. The summed E-state index contributed by atoms with van der Waals surface area (Å²) in [7, 11) is 0. The molecule has 0 aromatic heterocycles. The standard InChI is InChI=1S/C30H47Br3O3/c1-25(2)20-10-11-28(5)21(26(20,3)15-19(32)23(25)34)8-7-17-22-18(29(6,33)16-31)9-12-30(22,24(35)36)14-13-27(17,28)4/h17-23,34H,7-16H2,1-6H3,(H,35,36)/t17?,18-,19?,20?,21?,22?,23+,26+,27-,28-,29?,30+/m1/s1. The van der Waals surface area contributed by atoms with Crippen molar-refractivity contribution in [3.8, 4) is 0 Å². The molecule has 0 aromatic rings. The third-order valence-corrected chi connectivity index (χ3v) is 17.4. The quantitative estimate of drug-likeness (QED) is 0.292. The van der Waals surface area contributed by atoms with Crippen LogP contribution in [0.15, 0.2) is 0 Å². The molecule has 6 heteroatoms. The number of fused-ring (bicyclic) bond motifs is 7. The molecular formula is C30H47Br3O3. The van der Waals surface area contributed by atoms with Gasteiger partial charge in [0, 0.05) is 14.5 Å². The van der Waals surface area contributed by atoms with Crippen LogP contribution in [0.4, 0.5) is 0 Å². The highest BCUT2D eigenvalue weighted by Crippen LogP contribution is 2.78. The van der Waals surface area contributed by atoms with Crippen LogP contribution in [-0.2, 0) is 4.79 Å². The average Bonchev–Trinajstić information content (AvgIpc) is 3.20. The highest BCUT2D eigenvalue weighted by Gasteiger charge is 2.73. The van der Waals surface area contributed by atoms with Crippen LogP contribution in [-0.4, -0.2) is 36.8 Å². The second kappa shape index (κ2) is 8.68. The number of hydrogen-bond donors (Lipinski definition) is 2. The van der Waals surface area contributed by atoms with Crippen molar-refractivity contribution >= 4 is 53.8 Å². The van der Waals surface area contributed by atoms with Gasteiger partial charge in [-0.3, -0.25) is 4.79 Å². The van der Waals surface area contributed by atoms with Crippen LogP contribution in [0.2, 0.25) is 0 Å². The van der Waals surface area contributed by atoms with Crippen LogP contribution in [0.1, 0.15) is 99.3 Å². The minimum absolute atomic E-state index is 0.0821. The van der Waals surface area contributed by atoms with E-state index >= 15 is 0 Å². The summed E-state index contributed by atoms with van der Waals surface area (Å²) in [5.74, 6) is 1.65. The van der Waals surface area contributed by atoms with Crippen molar-refractivity contribution in [2.75, 3.05) is 5.33 Å². The normalized spacial score (nSPS) is 55.4. The molecule has 0 bridgehead atoms. The predicted molar refractivity (Wildman–Crippen MR) is 157 cm³/mol. The van der Waals surface area contributed by atoms with Crippen LogP contribution >= 0.6 is 47.8 Å². The number of aliphatic hydroxyl groups excluding tert-OH is 1. The Morgan fingerprint density at radius 3 is 2.22 bits per heavy atom. The van der Waals surface area contributed by atoms with E-state index in [1.807, 2.05) is 0 Å². The maximum Gasteiger partial charge on any atom is 0.309 e. The zero-order valence-electron chi connectivity index (χ0n) is 23.0. The van der Waals surface area contributed by atoms with Crippen molar-refractivity contribution in [3.63, 3.8) is 0 Å². The average molecular weight is 695 g/mol. The van der Waals surface area contributed by atoms with Crippen LogP contribution < -0.4 is 0 Å². The van der Waals surface area contributed by atoms with Gasteiger partial charge in [-0.1, -0.05) is 82.4 Å². The fourth-order valence-corrected chi connectivity index (χ4v) is 14.1. The fourth-order valence-electron chi connectivity index (χ4n) is 11.8. The van der Waals surface area contributed by atoms with E-state index in [4.69, 9.17) is 0 Å². The molecule has 5 fully saturated rings. The van der Waals surface area contributed by atoms with E-state index < -0.39 is 11.4 Å². The number of carboxylic acid groups (broad SMARTS) is 1. The lowest BCUT2D eigenvalue weighted by Gasteiger charge is -2.73. The molecule has 5 aliphatic rings. The number of hydrogen-bond acceptors (Lipinski definition) is 2. The molecular weight excluding hydrogens is 648 g/mol. The lowest BCUT2D eigenvalue weighted by Crippen LogP contribution is -2.68. The smallest absolute Gasteiger partial charge is 0.309 e. The molecule has 12 atom stereocenters. The van der Waals surface area contributed by atoms with Gasteiger partial charge in [0.2, 0.25) is 0 Å². The van der Waals surface area contributed by atoms with Gasteiger partial charge in [0.25, 0.3) is 0 Å². The zero-order valence-corrected chi connectivity index (χ0v) is 27.8. The first-order chi connectivity index (χ1) is 16.5. The Kier molecular flexibility index (Phi) is 6.85. The summed E-state index contributed by atoms with van der Waals surface area (Å²) in [6.45, 7) is 14.6. The van der Waals surface area contributed by atoms with Crippen molar-refractivity contribution in [3.05, 3.63) is 0 Å². The Morgan fingerprint density at radius 1 is 0.944 bits per heavy atom. The topological polar surface area (TPSA) is 57.5 Å². The maximum absolute atomic E-state index is 13.0. The van der Waals surface area contributed by atoms with Gasteiger partial charge in [-0.2, -0.15) is 0 Å². The van der Waals surface area contributed by atoms with Crippen molar-refractivity contribution < 1.29 is 15.0 Å². The van der Waals surface area contributed by atoms with Crippen molar-refractivity contribution in [2.24, 2.45) is 56.7 Å². The third kappa shape index (κ3) is 3.44. The molecule has 0 amide bonds. The third-order valence-electron chi connectivity index (χ3n) is 13.8. The molecule has 0 aromatic carbocycles. The first-order valence-electron chi connectivity index (χ1n) is 14.3. The first-order valence-corrected chi connectivity index (χ1v) is 17.2. The molecule has 0 saturated heterocycles. The monoisotopic (exact) mass is 692 g/mol. The number of rotatable bonds is 3. The Morgan fingerprint density at radius 2 is 1.61 bits per heavy atom. The van der Waals surface area contributed by atoms with Crippen LogP contribution in [0, 0.1) is 56.7 Å². The van der Waals surface area contributed by atoms with Gasteiger partial charge in [0.1, 0.15) is 0 Å². The lowest BCUT2D eigenvalue weighted by molar-refractivity contribution is -0.247. The molecule has 5 aliphatic carbocycles. The predicted octanol–water partition coefficient (Wildman–Crippen LogP) is 8.44. The van der Waals surface area contributed by atoms with Gasteiger partial charge in [0.15, 0.2) is 0 Å². The largest absolute Gasteiger partial charge is 0.481 e. The number of alkyl halides is 3. The molecule has 0 heterocycles. The van der Waals surface area contributed by atoms with E-state index in [1.54, 1.807) is 0 Å². The van der Waals surface area contributed by atoms with Gasteiger partial charge < -0.3 is 10.2 Å². The highest BCUT2D eigenvalue weighted by molar-refractivity contribution is 9.12. The molecule has 3 nitrogen and oxygen atoms in total. The number of aliphatic carboxylic acids is 1. The van der Waals surface area contributed by atoms with E-state index in [9.17, 15) is 15.0 Å². The summed E-state index contributed by atoms with van der Waals surface area (Å²) in [6.07, 6.45) is 9.16. The number of halogens is 3.